The van der Waals surface area contributed by atoms with Crippen LogP contribution in [0.3, 0.4) is 0 Å². The molecule has 1 amide bonds. The molecule has 0 unspecified atom stereocenters. The smallest absolute Gasteiger partial charge is 0.330 e. The molecule has 0 aliphatic carbocycles. The van der Waals surface area contributed by atoms with Crippen molar-refractivity contribution in [2.45, 2.75) is 6.42 Å². The number of nitrogen functional groups attached to an aromatic ring is 1. The summed E-state index contributed by atoms with van der Waals surface area (Å²) in [7, 11) is 0. The minimum absolute atomic E-state index is 0.0828. The van der Waals surface area contributed by atoms with Crippen molar-refractivity contribution in [2.75, 3.05) is 18.9 Å². The summed E-state index contributed by atoms with van der Waals surface area (Å²) in [4.78, 5) is 22.3. The number of carbonyl (C=O) groups is 2. The number of nitrogens with two attached hydrogens (primary N) is 1. The lowest BCUT2D eigenvalue weighted by molar-refractivity contribution is -0.137. The molecule has 0 saturated heterocycles. The van der Waals surface area contributed by atoms with Gasteiger partial charge < -0.3 is 15.8 Å². The summed E-state index contributed by atoms with van der Waals surface area (Å²) in [6.07, 6.45) is 1.05. The highest BCUT2D eigenvalue weighted by Crippen LogP contribution is 2.25. The molecule has 0 fully saturated rings. The third-order valence-electron chi connectivity index (χ3n) is 2.54. The molecule has 1 aromatic carbocycles. The van der Waals surface area contributed by atoms with E-state index in [-0.39, 0.29) is 19.6 Å². The van der Waals surface area contributed by atoms with Gasteiger partial charge in [-0.1, -0.05) is 6.58 Å². The van der Waals surface area contributed by atoms with Crippen molar-refractivity contribution in [1.29, 1.82) is 0 Å². The Balaban J connectivity index is 2.71. The summed E-state index contributed by atoms with van der Waals surface area (Å²) in [5.74, 6) is -9.49. The molecule has 0 radical (unpaired) electrons. The Morgan fingerprint density at radius 2 is 1.68 bits per heavy atom. The lowest BCUT2D eigenvalue weighted by atomic mass is 10.1. The average Bonchev–Trinajstić information content (AvgIpc) is 2.50. The lowest BCUT2D eigenvalue weighted by Crippen LogP contribution is -2.28. The summed E-state index contributed by atoms with van der Waals surface area (Å²) >= 11 is 0. The molecular weight excluding hydrogens is 308 g/mol. The molecule has 0 spiro atoms. The van der Waals surface area contributed by atoms with Crippen molar-refractivity contribution in [2.24, 2.45) is 0 Å². The number of halogens is 4. The number of benzene rings is 1. The molecule has 22 heavy (non-hydrogen) atoms. The Labute approximate surface area is 122 Å². The molecule has 3 N–H and O–H groups in total. The van der Waals surface area contributed by atoms with Gasteiger partial charge in [0.2, 0.25) is 0 Å². The molecular formula is C13H12F4N2O3. The predicted octanol–water partition coefficient (Wildman–Crippen LogP) is 1.67. The van der Waals surface area contributed by atoms with Crippen LogP contribution in [0.2, 0.25) is 0 Å². The molecule has 0 saturated carbocycles. The van der Waals surface area contributed by atoms with E-state index in [0.717, 1.165) is 6.08 Å². The number of esters is 1. The molecule has 0 bridgehead atoms. The van der Waals surface area contributed by atoms with Crippen LogP contribution in [0.1, 0.15) is 16.8 Å². The van der Waals surface area contributed by atoms with Crippen LogP contribution >= 0.6 is 0 Å². The van der Waals surface area contributed by atoms with Gasteiger partial charge in [0.05, 0.1) is 6.61 Å². The Hall–Kier alpha value is -2.58. The van der Waals surface area contributed by atoms with Gasteiger partial charge in [-0.3, -0.25) is 4.79 Å². The van der Waals surface area contributed by atoms with Gasteiger partial charge in [-0.2, -0.15) is 0 Å². The first-order valence-electron chi connectivity index (χ1n) is 6.00. The normalized spacial score (nSPS) is 10.2. The van der Waals surface area contributed by atoms with Crippen LogP contribution in [0.4, 0.5) is 23.2 Å². The number of amides is 1. The van der Waals surface area contributed by atoms with Crippen LogP contribution in [-0.4, -0.2) is 25.0 Å². The van der Waals surface area contributed by atoms with E-state index in [0.29, 0.717) is 0 Å². The van der Waals surface area contributed by atoms with Crippen LogP contribution in [0.15, 0.2) is 12.7 Å². The van der Waals surface area contributed by atoms with Gasteiger partial charge in [-0.05, 0) is 6.42 Å². The fourth-order valence-electron chi connectivity index (χ4n) is 1.44. The zero-order chi connectivity index (χ0) is 16.9. The highest BCUT2D eigenvalue weighted by Gasteiger charge is 2.27. The first kappa shape index (κ1) is 17.5. The summed E-state index contributed by atoms with van der Waals surface area (Å²) in [5, 5.41) is 2.04. The van der Waals surface area contributed by atoms with Crippen molar-refractivity contribution in [3.63, 3.8) is 0 Å². The van der Waals surface area contributed by atoms with Crippen molar-refractivity contribution < 1.29 is 31.9 Å². The van der Waals surface area contributed by atoms with Crippen LogP contribution in [-0.2, 0) is 9.53 Å². The SMILES string of the molecule is C=CC(=O)OCCCNC(=O)c1c(F)c(F)c(N)c(F)c1F. The summed E-state index contributed by atoms with van der Waals surface area (Å²) in [6.45, 7) is 2.94. The first-order valence-corrected chi connectivity index (χ1v) is 6.00. The Kier molecular flexibility index (Phi) is 5.90. The molecule has 5 nitrogen and oxygen atoms in total. The predicted molar refractivity (Wildman–Crippen MR) is 68.8 cm³/mol. The minimum Gasteiger partial charge on any atom is -0.462 e. The number of nitrogens with one attached hydrogen (secondary N) is 1. The quantitative estimate of drug-likeness (QED) is 0.209. The number of rotatable bonds is 6. The van der Waals surface area contributed by atoms with Gasteiger partial charge in [-0.15, -0.1) is 0 Å². The zero-order valence-corrected chi connectivity index (χ0v) is 11.2. The fraction of sp³-hybridized carbons (Fsp3) is 0.231. The van der Waals surface area contributed by atoms with Gasteiger partial charge in [0.1, 0.15) is 11.3 Å². The third kappa shape index (κ3) is 3.74. The largest absolute Gasteiger partial charge is 0.462 e. The topological polar surface area (TPSA) is 81.4 Å². The highest BCUT2D eigenvalue weighted by molar-refractivity contribution is 5.95. The van der Waals surface area contributed by atoms with Gasteiger partial charge in [0, 0.05) is 12.6 Å². The minimum atomic E-state index is -1.88. The average molecular weight is 320 g/mol. The Morgan fingerprint density at radius 3 is 2.18 bits per heavy atom. The van der Waals surface area contributed by atoms with Crippen LogP contribution in [0, 0.1) is 23.3 Å². The van der Waals surface area contributed by atoms with E-state index in [1.54, 1.807) is 0 Å². The van der Waals surface area contributed by atoms with Gasteiger partial charge in [0.25, 0.3) is 5.91 Å². The van der Waals surface area contributed by atoms with Gasteiger partial charge >= 0.3 is 5.97 Å². The van der Waals surface area contributed by atoms with E-state index in [2.05, 4.69) is 11.3 Å². The molecule has 0 aliphatic heterocycles. The molecule has 1 aromatic rings. The lowest BCUT2D eigenvalue weighted by Gasteiger charge is -2.10. The Bertz CT molecular complexity index is 591. The summed E-state index contributed by atoms with van der Waals surface area (Å²) < 4.78 is 58.0. The van der Waals surface area contributed by atoms with Crippen LogP contribution in [0.25, 0.3) is 0 Å². The second-order valence-corrected chi connectivity index (χ2v) is 4.03. The Morgan fingerprint density at radius 1 is 1.14 bits per heavy atom. The summed E-state index contributed by atoms with van der Waals surface area (Å²) in [5.41, 5.74) is 2.06. The van der Waals surface area contributed by atoms with E-state index in [1.807, 2.05) is 5.32 Å². The fourth-order valence-corrected chi connectivity index (χ4v) is 1.44. The zero-order valence-electron chi connectivity index (χ0n) is 11.2. The van der Waals surface area contributed by atoms with E-state index >= 15 is 0 Å². The number of anilines is 1. The number of hydrogen-bond donors (Lipinski definition) is 2. The van der Waals surface area contributed by atoms with E-state index in [4.69, 9.17) is 5.73 Å². The van der Waals surface area contributed by atoms with E-state index < -0.39 is 46.4 Å². The molecule has 120 valence electrons. The van der Waals surface area contributed by atoms with Crippen molar-refractivity contribution in [3.05, 3.63) is 41.5 Å². The number of hydrogen-bond acceptors (Lipinski definition) is 4. The van der Waals surface area contributed by atoms with E-state index in [1.165, 1.54) is 0 Å². The van der Waals surface area contributed by atoms with Crippen LogP contribution in [0.5, 0.6) is 0 Å². The third-order valence-corrected chi connectivity index (χ3v) is 2.54. The maximum Gasteiger partial charge on any atom is 0.330 e. The number of ether oxygens (including phenoxy) is 1. The monoisotopic (exact) mass is 320 g/mol. The maximum absolute atomic E-state index is 13.5. The molecule has 0 aromatic heterocycles. The summed E-state index contributed by atoms with van der Waals surface area (Å²) in [6, 6.07) is 0. The molecule has 9 heteroatoms. The molecule has 0 heterocycles. The van der Waals surface area contributed by atoms with Crippen LogP contribution < -0.4 is 11.1 Å². The van der Waals surface area contributed by atoms with Gasteiger partial charge in [0.15, 0.2) is 23.3 Å². The number of carbonyl (C=O) groups excluding carboxylic acids is 2. The second kappa shape index (κ2) is 7.43. The molecule has 0 atom stereocenters. The highest BCUT2D eigenvalue weighted by atomic mass is 19.2. The molecule has 0 aliphatic rings. The maximum atomic E-state index is 13.5. The van der Waals surface area contributed by atoms with Crippen molar-refractivity contribution in [3.8, 4) is 0 Å². The van der Waals surface area contributed by atoms with Crippen molar-refractivity contribution >= 4 is 17.6 Å². The first-order chi connectivity index (χ1) is 10.3. The van der Waals surface area contributed by atoms with Gasteiger partial charge in [-0.25, -0.2) is 22.4 Å². The van der Waals surface area contributed by atoms with E-state index in [9.17, 15) is 27.2 Å². The standard InChI is InChI=1S/C13H12F4N2O3/c1-2-6(20)22-5-3-4-19-13(21)7-8(14)10(16)12(18)11(17)9(7)15/h2H,1,3-5,18H2,(H,19,21). The second-order valence-electron chi connectivity index (χ2n) is 4.03. The molecule has 1 rings (SSSR count). The van der Waals surface area contributed by atoms with Crippen molar-refractivity contribution in [1.82, 2.24) is 5.32 Å².